The highest BCUT2D eigenvalue weighted by atomic mass is 16.7. The molecular weight excluding hydrogens is 538 g/mol. The van der Waals surface area contributed by atoms with Crippen molar-refractivity contribution < 1.29 is 40.1 Å². The number of hydrogen-bond acceptors (Lipinski definition) is 9. The first-order valence-corrected chi connectivity index (χ1v) is 17.0. The van der Waals surface area contributed by atoms with Crippen molar-refractivity contribution in [2.75, 3.05) is 19.7 Å². The minimum absolute atomic E-state index is 0.00374. The lowest BCUT2D eigenvalue weighted by atomic mass is 9.51. The van der Waals surface area contributed by atoms with E-state index in [1.54, 1.807) is 0 Å². The van der Waals surface area contributed by atoms with Crippen molar-refractivity contribution in [3.63, 3.8) is 0 Å². The Morgan fingerprint density at radius 3 is 2.33 bits per heavy atom. The third kappa shape index (κ3) is 4.58. The van der Waals surface area contributed by atoms with Crippen LogP contribution in [0.1, 0.15) is 78.6 Å². The predicted octanol–water partition coefficient (Wildman–Crippen LogP) is 1.50. The summed E-state index contributed by atoms with van der Waals surface area (Å²) in [5.74, 6) is 3.97. The van der Waals surface area contributed by atoms with Crippen LogP contribution in [0.5, 0.6) is 0 Å². The molecule has 3 aliphatic heterocycles. The summed E-state index contributed by atoms with van der Waals surface area (Å²) in [5, 5.41) is 64.1. The Labute approximate surface area is 250 Å². The zero-order valence-electron chi connectivity index (χ0n) is 25.7. The topological polar surface area (TPSA) is 143 Å². The van der Waals surface area contributed by atoms with Gasteiger partial charge in [0.25, 0.3) is 0 Å². The SMILES string of the molecule is C[C@@H]1CC[C@@H]2N(C1)C[C@@H]1[C@@H]3C[C@H]4[C@@H](C[C@H](O)[C@H]5C[C@@H](O[C@@H]6O[C@H](CO)[C@@H](O)[C@H](O)[C@H]6O)CC[C@@]54C)[C@@H]3CC[C@@H]1[C@]2(C)O. The highest BCUT2D eigenvalue weighted by molar-refractivity contribution is 5.14. The molecule has 0 bridgehead atoms. The molecule has 0 unspecified atom stereocenters. The van der Waals surface area contributed by atoms with Gasteiger partial charge in [-0.15, -0.1) is 0 Å². The number of aliphatic hydroxyl groups excluding tert-OH is 5. The molecule has 7 aliphatic rings. The molecular formula is C33H55NO8. The Morgan fingerprint density at radius 1 is 0.786 bits per heavy atom. The Morgan fingerprint density at radius 2 is 1.57 bits per heavy atom. The Hall–Kier alpha value is -0.360. The molecule has 4 aliphatic carbocycles. The fourth-order valence-corrected chi connectivity index (χ4v) is 12.1. The van der Waals surface area contributed by atoms with E-state index in [1.165, 1.54) is 19.3 Å². The molecule has 6 N–H and O–H groups in total. The van der Waals surface area contributed by atoms with Gasteiger partial charge in [0, 0.05) is 19.1 Å². The molecule has 0 radical (unpaired) electrons. The number of ether oxygens (including phenoxy) is 2. The zero-order chi connectivity index (χ0) is 29.7. The van der Waals surface area contributed by atoms with Gasteiger partial charge in [-0.05, 0) is 117 Å². The van der Waals surface area contributed by atoms with Gasteiger partial charge in [-0.3, -0.25) is 4.90 Å². The second-order valence-electron chi connectivity index (χ2n) is 16.2. The van der Waals surface area contributed by atoms with Crippen LogP contribution < -0.4 is 0 Å². The Balaban J connectivity index is 1.07. The summed E-state index contributed by atoms with van der Waals surface area (Å²) < 4.78 is 11.8. The quantitative estimate of drug-likeness (QED) is 0.269. The maximum Gasteiger partial charge on any atom is 0.186 e. The molecule has 240 valence electrons. The number of aliphatic hydroxyl groups is 6. The van der Waals surface area contributed by atoms with Gasteiger partial charge >= 0.3 is 0 Å². The van der Waals surface area contributed by atoms with Crippen molar-refractivity contribution in [3.05, 3.63) is 0 Å². The third-order valence-electron chi connectivity index (χ3n) is 14.2. The molecule has 18 atom stereocenters. The molecule has 42 heavy (non-hydrogen) atoms. The molecule has 3 saturated heterocycles. The summed E-state index contributed by atoms with van der Waals surface area (Å²) >= 11 is 0. The molecule has 7 rings (SSSR count). The molecule has 0 amide bonds. The first-order valence-electron chi connectivity index (χ1n) is 17.0. The zero-order valence-corrected chi connectivity index (χ0v) is 25.7. The van der Waals surface area contributed by atoms with Gasteiger partial charge in [-0.25, -0.2) is 0 Å². The van der Waals surface area contributed by atoms with E-state index in [9.17, 15) is 30.6 Å². The van der Waals surface area contributed by atoms with Crippen LogP contribution in [0.4, 0.5) is 0 Å². The smallest absolute Gasteiger partial charge is 0.186 e. The summed E-state index contributed by atoms with van der Waals surface area (Å²) in [4.78, 5) is 2.64. The van der Waals surface area contributed by atoms with Gasteiger partial charge in [-0.2, -0.15) is 0 Å². The molecule has 9 heteroatoms. The van der Waals surface area contributed by atoms with E-state index < -0.39 is 49.0 Å². The molecule has 9 nitrogen and oxygen atoms in total. The molecule has 0 spiro atoms. The highest BCUT2D eigenvalue weighted by Gasteiger charge is 2.64. The first kappa shape index (κ1) is 30.3. The number of nitrogens with zero attached hydrogens (tertiary/aromatic N) is 1. The molecule has 4 saturated carbocycles. The monoisotopic (exact) mass is 593 g/mol. The van der Waals surface area contributed by atoms with Crippen LogP contribution in [0.2, 0.25) is 0 Å². The van der Waals surface area contributed by atoms with Crippen LogP contribution in [0.3, 0.4) is 0 Å². The van der Waals surface area contributed by atoms with E-state index in [4.69, 9.17) is 9.47 Å². The normalized spacial score (nSPS) is 59.6. The summed E-state index contributed by atoms with van der Waals surface area (Å²) in [5.41, 5.74) is -0.628. The van der Waals surface area contributed by atoms with Crippen molar-refractivity contribution in [1.82, 2.24) is 4.90 Å². The average Bonchev–Trinajstić information content (AvgIpc) is 3.33. The highest BCUT2D eigenvalue weighted by Crippen LogP contribution is 2.67. The molecule has 3 heterocycles. The van der Waals surface area contributed by atoms with Crippen molar-refractivity contribution in [2.24, 2.45) is 52.8 Å². The van der Waals surface area contributed by atoms with Crippen LogP contribution in [-0.2, 0) is 9.47 Å². The van der Waals surface area contributed by atoms with Crippen LogP contribution in [0.15, 0.2) is 0 Å². The van der Waals surface area contributed by atoms with Gasteiger partial charge < -0.3 is 40.1 Å². The first-order chi connectivity index (χ1) is 19.9. The number of fused-ring (bicyclic) bond motifs is 8. The minimum Gasteiger partial charge on any atom is -0.394 e. The summed E-state index contributed by atoms with van der Waals surface area (Å²) in [6.07, 6.45) is 1.96. The number of piperidine rings is 2. The van der Waals surface area contributed by atoms with Crippen LogP contribution in [0, 0.1) is 52.8 Å². The van der Waals surface area contributed by atoms with Crippen LogP contribution in [-0.4, -0.2) is 110 Å². The maximum atomic E-state index is 12.0. The van der Waals surface area contributed by atoms with E-state index >= 15 is 0 Å². The van der Waals surface area contributed by atoms with Crippen molar-refractivity contribution >= 4 is 0 Å². The second kappa shape index (κ2) is 10.9. The van der Waals surface area contributed by atoms with Crippen molar-refractivity contribution in [1.29, 1.82) is 0 Å². The molecule has 0 aromatic rings. The van der Waals surface area contributed by atoms with Gasteiger partial charge in [0.2, 0.25) is 0 Å². The summed E-state index contributed by atoms with van der Waals surface area (Å²) in [7, 11) is 0. The average molecular weight is 594 g/mol. The standard InChI is InChI=1S/C33H55NO8/c1-16-4-7-27-33(3,40)22-6-5-18-19(21(22)14-34(27)13-16)11-23-20(18)12-25(36)24-10-17(8-9-32(23,24)2)41-31-30(39)29(38)28(37)26(15-35)42-31/h16-31,35-40H,4-15H2,1-3H3/t16-,17+,18-,19-,20+,21-,22+,23+,24-,25+,26-,27+,28-,29+,30-,31-,32-,33+/m1/s1. The predicted molar refractivity (Wildman–Crippen MR) is 154 cm³/mol. The third-order valence-corrected chi connectivity index (χ3v) is 14.2. The molecule has 7 fully saturated rings. The number of rotatable bonds is 3. The second-order valence-corrected chi connectivity index (χ2v) is 16.2. The van der Waals surface area contributed by atoms with E-state index in [1.807, 2.05) is 0 Å². The lowest BCUT2D eigenvalue weighted by Gasteiger charge is -2.60. The maximum absolute atomic E-state index is 12.0. The van der Waals surface area contributed by atoms with Gasteiger partial charge in [0.1, 0.15) is 24.4 Å². The fraction of sp³-hybridized carbons (Fsp3) is 1.00. The largest absolute Gasteiger partial charge is 0.394 e. The Bertz CT molecular complexity index is 995. The lowest BCUT2D eigenvalue weighted by molar-refractivity contribution is -0.317. The van der Waals surface area contributed by atoms with E-state index in [0.717, 1.165) is 45.2 Å². The van der Waals surface area contributed by atoms with E-state index in [2.05, 4.69) is 25.7 Å². The molecule has 0 aromatic heterocycles. The lowest BCUT2D eigenvalue weighted by Crippen LogP contribution is -2.67. The van der Waals surface area contributed by atoms with E-state index in [0.29, 0.717) is 47.8 Å². The fourth-order valence-electron chi connectivity index (χ4n) is 12.1. The van der Waals surface area contributed by atoms with Crippen molar-refractivity contribution in [3.8, 4) is 0 Å². The van der Waals surface area contributed by atoms with Crippen molar-refractivity contribution in [2.45, 2.75) is 133 Å². The van der Waals surface area contributed by atoms with Gasteiger partial charge in [0.15, 0.2) is 6.29 Å². The summed E-state index contributed by atoms with van der Waals surface area (Å²) in [6.45, 7) is 8.63. The minimum atomic E-state index is -1.45. The van der Waals surface area contributed by atoms with E-state index in [-0.39, 0.29) is 23.5 Å². The molecule has 0 aromatic carbocycles. The van der Waals surface area contributed by atoms with Crippen LogP contribution in [0.25, 0.3) is 0 Å². The van der Waals surface area contributed by atoms with Crippen LogP contribution >= 0.6 is 0 Å². The Kier molecular flexibility index (Phi) is 7.84. The van der Waals surface area contributed by atoms with Gasteiger partial charge in [-0.1, -0.05) is 13.8 Å². The van der Waals surface area contributed by atoms with Gasteiger partial charge in [0.05, 0.1) is 24.4 Å². The number of hydrogen-bond donors (Lipinski definition) is 6. The summed E-state index contributed by atoms with van der Waals surface area (Å²) in [6, 6.07) is 0.290.